The molecule has 0 bridgehead atoms. The van der Waals surface area contributed by atoms with Gasteiger partial charge in [0.05, 0.1) is 19.8 Å². The molecule has 2 heterocycles. The van der Waals surface area contributed by atoms with Gasteiger partial charge in [-0.05, 0) is 20.8 Å². The van der Waals surface area contributed by atoms with Crippen LogP contribution >= 0.6 is 0 Å². The minimum atomic E-state index is -1.19. The molecule has 0 aromatic heterocycles. The molecule has 2 fully saturated rings. The van der Waals surface area contributed by atoms with E-state index in [1.165, 1.54) is 4.90 Å². The summed E-state index contributed by atoms with van der Waals surface area (Å²) in [6.07, 6.45) is -1.78. The van der Waals surface area contributed by atoms with Crippen LogP contribution in [0, 0.1) is 0 Å². The first-order chi connectivity index (χ1) is 9.78. The second-order valence-electron chi connectivity index (χ2n) is 6.42. The van der Waals surface area contributed by atoms with E-state index in [1.807, 2.05) is 0 Å². The Kier molecular flexibility index (Phi) is 4.70. The number of rotatable bonds is 1. The zero-order valence-corrected chi connectivity index (χ0v) is 12.8. The molecule has 0 aliphatic carbocycles. The average molecular weight is 302 g/mol. The number of amides is 2. The van der Waals surface area contributed by atoms with Gasteiger partial charge in [-0.2, -0.15) is 0 Å². The van der Waals surface area contributed by atoms with Gasteiger partial charge in [0.15, 0.2) is 0 Å². The average Bonchev–Trinajstić information content (AvgIpc) is 2.79. The molecule has 2 amide bonds. The number of carbonyl (C=O) groups excluding carboxylic acids is 2. The van der Waals surface area contributed by atoms with Crippen LogP contribution in [0.1, 0.15) is 27.2 Å². The minimum Gasteiger partial charge on any atom is -0.444 e. The molecule has 2 saturated heterocycles. The Balaban J connectivity index is 2.05. The van der Waals surface area contributed by atoms with E-state index in [0.29, 0.717) is 26.3 Å². The van der Waals surface area contributed by atoms with Gasteiger partial charge in [0.1, 0.15) is 17.8 Å². The summed E-state index contributed by atoms with van der Waals surface area (Å²) < 4.78 is 24.2. The van der Waals surface area contributed by atoms with Crippen molar-refractivity contribution in [3.8, 4) is 0 Å². The Bertz CT molecular complexity index is 404. The first kappa shape index (κ1) is 16.0. The van der Waals surface area contributed by atoms with Gasteiger partial charge >= 0.3 is 6.09 Å². The molecule has 2 atom stereocenters. The van der Waals surface area contributed by atoms with Gasteiger partial charge in [0.2, 0.25) is 5.91 Å². The Morgan fingerprint density at radius 3 is 2.43 bits per heavy atom. The normalized spacial score (nSPS) is 26.9. The zero-order chi connectivity index (χ0) is 15.6. The minimum absolute atomic E-state index is 0.0371. The van der Waals surface area contributed by atoms with Gasteiger partial charge in [0.25, 0.3) is 0 Å². The van der Waals surface area contributed by atoms with Gasteiger partial charge < -0.3 is 14.4 Å². The lowest BCUT2D eigenvalue weighted by Gasteiger charge is -2.33. The molecule has 21 heavy (non-hydrogen) atoms. The highest BCUT2D eigenvalue weighted by Crippen LogP contribution is 2.25. The number of nitrogens with zero attached hydrogens (tertiary/aromatic N) is 2. The van der Waals surface area contributed by atoms with Crippen LogP contribution < -0.4 is 0 Å². The lowest BCUT2D eigenvalue weighted by Crippen LogP contribution is -2.51. The summed E-state index contributed by atoms with van der Waals surface area (Å²) >= 11 is 0. The topological polar surface area (TPSA) is 59.1 Å². The highest BCUT2D eigenvalue weighted by molar-refractivity contribution is 5.86. The lowest BCUT2D eigenvalue weighted by atomic mass is 10.1. The standard InChI is InChI=1S/C14H23FN2O4/c1-14(2,3)21-13(19)17-9-10(15)8-11(17)12(18)16-4-6-20-7-5-16/h10-11H,4-9H2,1-3H3/t10-,11-/m0/s1. The molecule has 2 aliphatic rings. The molecule has 0 radical (unpaired) electrons. The molecule has 0 N–H and O–H groups in total. The number of hydrogen-bond acceptors (Lipinski definition) is 4. The smallest absolute Gasteiger partial charge is 0.411 e. The molecular weight excluding hydrogens is 279 g/mol. The first-order valence-corrected chi connectivity index (χ1v) is 7.28. The van der Waals surface area contributed by atoms with Crippen LogP contribution in [-0.4, -0.2) is 72.5 Å². The van der Waals surface area contributed by atoms with E-state index in [4.69, 9.17) is 9.47 Å². The molecule has 0 spiro atoms. The fourth-order valence-corrected chi connectivity index (χ4v) is 2.54. The van der Waals surface area contributed by atoms with Gasteiger partial charge in [-0.3, -0.25) is 9.69 Å². The fourth-order valence-electron chi connectivity index (χ4n) is 2.54. The van der Waals surface area contributed by atoms with Gasteiger partial charge in [-0.1, -0.05) is 0 Å². The van der Waals surface area contributed by atoms with Crippen molar-refractivity contribution in [1.82, 2.24) is 9.80 Å². The van der Waals surface area contributed by atoms with Crippen molar-refractivity contribution < 1.29 is 23.5 Å². The van der Waals surface area contributed by atoms with E-state index in [9.17, 15) is 14.0 Å². The molecular formula is C14H23FN2O4. The summed E-state index contributed by atoms with van der Waals surface area (Å²) in [6.45, 7) is 7.05. The third kappa shape index (κ3) is 4.06. The summed E-state index contributed by atoms with van der Waals surface area (Å²) in [6, 6.07) is -0.770. The fraction of sp³-hybridized carbons (Fsp3) is 0.857. The summed E-state index contributed by atoms with van der Waals surface area (Å²) in [7, 11) is 0. The highest BCUT2D eigenvalue weighted by Gasteiger charge is 2.43. The van der Waals surface area contributed by atoms with E-state index in [2.05, 4.69) is 0 Å². The largest absolute Gasteiger partial charge is 0.444 e. The van der Waals surface area contributed by atoms with Crippen LogP contribution in [0.15, 0.2) is 0 Å². The lowest BCUT2D eigenvalue weighted by molar-refractivity contribution is -0.140. The number of carbonyl (C=O) groups is 2. The quantitative estimate of drug-likeness (QED) is 0.730. The van der Waals surface area contributed by atoms with Crippen molar-refractivity contribution in [1.29, 1.82) is 0 Å². The molecule has 0 unspecified atom stereocenters. The highest BCUT2D eigenvalue weighted by atomic mass is 19.1. The summed E-state index contributed by atoms with van der Waals surface area (Å²) in [5.41, 5.74) is -0.669. The van der Waals surface area contributed by atoms with Crippen molar-refractivity contribution in [2.24, 2.45) is 0 Å². The van der Waals surface area contributed by atoms with Crippen molar-refractivity contribution in [2.75, 3.05) is 32.8 Å². The predicted octanol–water partition coefficient (Wildman–Crippen LogP) is 1.19. The maximum Gasteiger partial charge on any atom is 0.411 e. The second kappa shape index (κ2) is 6.17. The number of ether oxygens (including phenoxy) is 2. The van der Waals surface area contributed by atoms with E-state index in [0.717, 1.165) is 0 Å². The zero-order valence-electron chi connectivity index (χ0n) is 12.8. The van der Waals surface area contributed by atoms with Crippen LogP contribution in [-0.2, 0) is 14.3 Å². The molecule has 0 saturated carbocycles. The molecule has 2 rings (SSSR count). The van der Waals surface area contributed by atoms with Gasteiger partial charge in [0, 0.05) is 19.5 Å². The van der Waals surface area contributed by atoms with Crippen LogP contribution in [0.2, 0.25) is 0 Å². The Morgan fingerprint density at radius 1 is 1.24 bits per heavy atom. The van der Waals surface area contributed by atoms with Gasteiger partial charge in [-0.15, -0.1) is 0 Å². The Morgan fingerprint density at radius 2 is 1.86 bits per heavy atom. The first-order valence-electron chi connectivity index (χ1n) is 7.28. The number of morpholine rings is 1. The van der Waals surface area contributed by atoms with Crippen molar-refractivity contribution in [3.05, 3.63) is 0 Å². The second-order valence-corrected chi connectivity index (χ2v) is 6.42. The molecule has 120 valence electrons. The molecule has 7 heteroatoms. The van der Waals surface area contributed by atoms with E-state index < -0.39 is 23.9 Å². The number of alkyl halides is 1. The van der Waals surface area contributed by atoms with Crippen LogP contribution in [0.25, 0.3) is 0 Å². The van der Waals surface area contributed by atoms with Crippen molar-refractivity contribution in [3.63, 3.8) is 0 Å². The monoisotopic (exact) mass is 302 g/mol. The van der Waals surface area contributed by atoms with E-state index >= 15 is 0 Å². The molecule has 2 aliphatic heterocycles. The summed E-state index contributed by atoms with van der Waals surface area (Å²) in [4.78, 5) is 27.5. The van der Waals surface area contributed by atoms with Crippen molar-refractivity contribution in [2.45, 2.75) is 45.0 Å². The Labute approximate surface area is 124 Å². The third-order valence-corrected chi connectivity index (χ3v) is 3.49. The molecule has 6 nitrogen and oxygen atoms in total. The van der Waals surface area contributed by atoms with Crippen LogP contribution in [0.4, 0.5) is 9.18 Å². The Hall–Kier alpha value is -1.37. The SMILES string of the molecule is CC(C)(C)OC(=O)N1C[C@@H](F)C[C@H]1C(=O)N1CCOCC1. The van der Waals surface area contributed by atoms with E-state index in [1.54, 1.807) is 25.7 Å². The summed E-state index contributed by atoms with van der Waals surface area (Å²) in [5, 5.41) is 0. The van der Waals surface area contributed by atoms with Gasteiger partial charge in [-0.25, -0.2) is 9.18 Å². The maximum absolute atomic E-state index is 13.7. The maximum atomic E-state index is 13.7. The number of likely N-dealkylation sites (tertiary alicyclic amines) is 1. The molecule has 0 aromatic rings. The van der Waals surface area contributed by atoms with Crippen molar-refractivity contribution >= 4 is 12.0 Å². The number of hydrogen-bond donors (Lipinski definition) is 0. The summed E-state index contributed by atoms with van der Waals surface area (Å²) in [5.74, 6) is -0.218. The van der Waals surface area contributed by atoms with E-state index in [-0.39, 0.29) is 18.9 Å². The van der Waals surface area contributed by atoms with Crippen LogP contribution in [0.5, 0.6) is 0 Å². The predicted molar refractivity (Wildman–Crippen MR) is 73.6 cm³/mol. The third-order valence-electron chi connectivity index (χ3n) is 3.49. The molecule has 0 aromatic carbocycles. The van der Waals surface area contributed by atoms with Crippen LogP contribution in [0.3, 0.4) is 0 Å². The number of halogens is 1.